The lowest BCUT2D eigenvalue weighted by Crippen LogP contribution is -2.37. The van der Waals surface area contributed by atoms with Crippen LogP contribution in [0.5, 0.6) is 0 Å². The van der Waals surface area contributed by atoms with E-state index in [-0.39, 0.29) is 11.3 Å². The third-order valence-electron chi connectivity index (χ3n) is 4.48. The van der Waals surface area contributed by atoms with Crippen LogP contribution in [-0.4, -0.2) is 49.3 Å². The van der Waals surface area contributed by atoms with Gasteiger partial charge >= 0.3 is 12.1 Å². The summed E-state index contributed by atoms with van der Waals surface area (Å²) in [5, 5.41) is 2.46. The SMILES string of the molecule is CC(OC(=O)c1cccnc1)C(=O)Nc1cc(C(F)(F)F)ccc1N1CCOCC1. The van der Waals surface area contributed by atoms with Gasteiger partial charge < -0.3 is 19.7 Å². The van der Waals surface area contributed by atoms with E-state index >= 15 is 0 Å². The number of hydrogen-bond donors (Lipinski definition) is 1. The summed E-state index contributed by atoms with van der Waals surface area (Å²) in [5.41, 5.74) is -0.313. The summed E-state index contributed by atoms with van der Waals surface area (Å²) in [4.78, 5) is 30.3. The molecule has 0 radical (unpaired) electrons. The van der Waals surface area contributed by atoms with Gasteiger partial charge in [0.25, 0.3) is 5.91 Å². The van der Waals surface area contributed by atoms with Crippen LogP contribution in [0.15, 0.2) is 42.7 Å². The molecule has 7 nitrogen and oxygen atoms in total. The fourth-order valence-corrected chi connectivity index (χ4v) is 2.89. The zero-order valence-electron chi connectivity index (χ0n) is 16.1. The van der Waals surface area contributed by atoms with Crippen LogP contribution in [-0.2, 0) is 20.4 Å². The second kappa shape index (κ2) is 9.12. The number of anilines is 2. The highest BCUT2D eigenvalue weighted by Crippen LogP contribution is 2.35. The maximum absolute atomic E-state index is 13.2. The number of carbonyl (C=O) groups is 2. The molecule has 1 aliphatic rings. The summed E-state index contributed by atoms with van der Waals surface area (Å²) in [6.07, 6.45) is -3.03. The number of alkyl halides is 3. The number of morpholine rings is 1. The summed E-state index contributed by atoms with van der Waals surface area (Å²) >= 11 is 0. The van der Waals surface area contributed by atoms with E-state index in [9.17, 15) is 22.8 Å². The van der Waals surface area contributed by atoms with Gasteiger partial charge in [-0.05, 0) is 37.3 Å². The van der Waals surface area contributed by atoms with Gasteiger partial charge in [0.2, 0.25) is 0 Å². The lowest BCUT2D eigenvalue weighted by atomic mass is 10.1. The third-order valence-corrected chi connectivity index (χ3v) is 4.48. The normalized spacial score (nSPS) is 15.4. The Bertz CT molecular complexity index is 900. The molecule has 1 amide bonds. The first kappa shape index (κ1) is 21.6. The second-order valence-corrected chi connectivity index (χ2v) is 6.61. The molecule has 0 aliphatic carbocycles. The number of benzene rings is 1. The smallest absolute Gasteiger partial charge is 0.416 e. The van der Waals surface area contributed by atoms with Gasteiger partial charge in [-0.25, -0.2) is 4.79 Å². The highest BCUT2D eigenvalue weighted by Gasteiger charge is 2.32. The molecule has 0 saturated carbocycles. The number of amides is 1. The summed E-state index contributed by atoms with van der Waals surface area (Å²) in [6.45, 7) is 3.13. The van der Waals surface area contributed by atoms with Crippen LogP contribution in [0.3, 0.4) is 0 Å². The molecule has 1 saturated heterocycles. The molecule has 1 unspecified atom stereocenters. The first-order valence-corrected chi connectivity index (χ1v) is 9.21. The predicted molar refractivity (Wildman–Crippen MR) is 102 cm³/mol. The number of pyridine rings is 1. The average molecular weight is 423 g/mol. The van der Waals surface area contributed by atoms with Crippen molar-refractivity contribution in [3.05, 3.63) is 53.9 Å². The monoisotopic (exact) mass is 423 g/mol. The van der Waals surface area contributed by atoms with Gasteiger partial charge in [-0.3, -0.25) is 9.78 Å². The maximum atomic E-state index is 13.2. The Kier molecular flexibility index (Phi) is 6.56. The van der Waals surface area contributed by atoms with Crippen molar-refractivity contribution in [2.75, 3.05) is 36.5 Å². The van der Waals surface area contributed by atoms with E-state index in [2.05, 4.69) is 10.3 Å². The fourth-order valence-electron chi connectivity index (χ4n) is 2.89. The molecule has 0 spiro atoms. The molecule has 1 N–H and O–H groups in total. The molecule has 2 aromatic rings. The summed E-state index contributed by atoms with van der Waals surface area (Å²) in [6, 6.07) is 6.17. The standard InChI is InChI=1S/C20H20F3N3O4/c1-13(30-19(28)14-3-2-6-24-12-14)18(27)25-16-11-15(20(21,22)23)4-5-17(16)26-7-9-29-10-8-26/h2-6,11-13H,7-10H2,1H3,(H,25,27). The van der Waals surface area contributed by atoms with E-state index in [0.717, 1.165) is 12.1 Å². The summed E-state index contributed by atoms with van der Waals surface area (Å²) < 4.78 is 49.9. The fraction of sp³-hybridized carbons (Fsp3) is 0.350. The molecule has 3 rings (SSSR count). The van der Waals surface area contributed by atoms with Crippen molar-refractivity contribution in [3.63, 3.8) is 0 Å². The van der Waals surface area contributed by atoms with E-state index in [1.807, 2.05) is 4.90 Å². The van der Waals surface area contributed by atoms with Gasteiger partial charge in [-0.2, -0.15) is 13.2 Å². The lowest BCUT2D eigenvalue weighted by molar-refractivity contribution is -0.137. The molecule has 10 heteroatoms. The van der Waals surface area contributed by atoms with Crippen molar-refractivity contribution < 1.29 is 32.2 Å². The van der Waals surface area contributed by atoms with Crippen molar-refractivity contribution in [1.29, 1.82) is 0 Å². The highest BCUT2D eigenvalue weighted by atomic mass is 19.4. The molecular formula is C20H20F3N3O4. The van der Waals surface area contributed by atoms with Crippen LogP contribution < -0.4 is 10.2 Å². The first-order chi connectivity index (χ1) is 14.3. The number of esters is 1. The predicted octanol–water partition coefficient (Wildman–Crippen LogP) is 3.12. The molecule has 0 bridgehead atoms. The molecule has 1 aliphatic heterocycles. The average Bonchev–Trinajstić information content (AvgIpc) is 2.74. The Labute approximate surface area is 170 Å². The van der Waals surface area contributed by atoms with Crippen molar-refractivity contribution >= 4 is 23.3 Å². The van der Waals surface area contributed by atoms with Gasteiger partial charge in [0, 0.05) is 25.5 Å². The number of rotatable bonds is 5. The van der Waals surface area contributed by atoms with Gasteiger partial charge in [0.05, 0.1) is 35.7 Å². The number of halogens is 3. The third kappa shape index (κ3) is 5.26. The Morgan fingerprint density at radius 3 is 2.60 bits per heavy atom. The number of nitrogens with one attached hydrogen (secondary N) is 1. The van der Waals surface area contributed by atoms with Crippen LogP contribution in [0.2, 0.25) is 0 Å². The summed E-state index contributed by atoms with van der Waals surface area (Å²) in [5.74, 6) is -1.51. The van der Waals surface area contributed by atoms with E-state index in [0.29, 0.717) is 32.0 Å². The molecule has 1 aromatic carbocycles. The Balaban J connectivity index is 1.78. The van der Waals surface area contributed by atoms with Crippen LogP contribution in [0.4, 0.5) is 24.5 Å². The Morgan fingerprint density at radius 2 is 1.97 bits per heavy atom. The molecule has 2 heterocycles. The topological polar surface area (TPSA) is 80.8 Å². The number of ether oxygens (including phenoxy) is 2. The largest absolute Gasteiger partial charge is 0.449 e. The minimum atomic E-state index is -4.57. The number of nitrogens with zero attached hydrogens (tertiary/aromatic N) is 2. The van der Waals surface area contributed by atoms with Gasteiger partial charge in [-0.15, -0.1) is 0 Å². The maximum Gasteiger partial charge on any atom is 0.416 e. The quantitative estimate of drug-likeness (QED) is 0.745. The molecule has 160 valence electrons. The van der Waals surface area contributed by atoms with Crippen LogP contribution in [0.1, 0.15) is 22.8 Å². The molecular weight excluding hydrogens is 403 g/mol. The zero-order chi connectivity index (χ0) is 21.7. The molecule has 1 fully saturated rings. The Morgan fingerprint density at radius 1 is 1.23 bits per heavy atom. The zero-order valence-corrected chi connectivity index (χ0v) is 16.1. The minimum absolute atomic E-state index is 0.0130. The van der Waals surface area contributed by atoms with Crippen LogP contribution >= 0.6 is 0 Å². The van der Waals surface area contributed by atoms with Gasteiger partial charge in [0.15, 0.2) is 6.10 Å². The summed E-state index contributed by atoms with van der Waals surface area (Å²) in [7, 11) is 0. The number of aromatic nitrogens is 1. The highest BCUT2D eigenvalue weighted by molar-refractivity contribution is 5.99. The van der Waals surface area contributed by atoms with Gasteiger partial charge in [0.1, 0.15) is 0 Å². The minimum Gasteiger partial charge on any atom is -0.449 e. The van der Waals surface area contributed by atoms with E-state index in [4.69, 9.17) is 9.47 Å². The first-order valence-electron chi connectivity index (χ1n) is 9.21. The van der Waals surface area contributed by atoms with Gasteiger partial charge in [-0.1, -0.05) is 0 Å². The Hall–Kier alpha value is -3.14. The van der Waals surface area contributed by atoms with Crippen LogP contribution in [0.25, 0.3) is 0 Å². The van der Waals surface area contributed by atoms with Crippen molar-refractivity contribution in [2.24, 2.45) is 0 Å². The van der Waals surface area contributed by atoms with Crippen molar-refractivity contribution in [3.8, 4) is 0 Å². The van der Waals surface area contributed by atoms with E-state index in [1.165, 1.54) is 31.5 Å². The van der Waals surface area contributed by atoms with Crippen molar-refractivity contribution in [1.82, 2.24) is 4.98 Å². The molecule has 1 aromatic heterocycles. The van der Waals surface area contributed by atoms with E-state index < -0.39 is 29.7 Å². The second-order valence-electron chi connectivity index (χ2n) is 6.61. The lowest BCUT2D eigenvalue weighted by Gasteiger charge is -2.31. The molecule has 30 heavy (non-hydrogen) atoms. The number of carbonyl (C=O) groups excluding carboxylic acids is 2. The molecule has 1 atom stereocenters. The van der Waals surface area contributed by atoms with Crippen molar-refractivity contribution in [2.45, 2.75) is 19.2 Å². The van der Waals surface area contributed by atoms with Crippen LogP contribution in [0, 0.1) is 0 Å². The number of hydrogen-bond acceptors (Lipinski definition) is 6. The van der Waals surface area contributed by atoms with E-state index in [1.54, 1.807) is 6.07 Å².